The molecule has 0 radical (unpaired) electrons. The monoisotopic (exact) mass is 351 g/mol. The number of rotatable bonds is 7. The Labute approximate surface area is 147 Å². The molecule has 1 amide bonds. The molecular formula is C18H26FN3O3. The molecule has 1 aliphatic heterocycles. The number of anilines is 1. The Morgan fingerprint density at radius 2 is 1.80 bits per heavy atom. The summed E-state index contributed by atoms with van der Waals surface area (Å²) in [5.74, 6) is -1.28. The standard InChI is InChI=1S/C18H26FN3O3/c1-3-4-16(18(24)25)20-13(2)17(23)22-11-9-21(10-12-22)15-7-5-14(19)6-8-15/h5-8,13,16,20H,3-4,9-12H2,1-2H3,(H,24,25). The summed E-state index contributed by atoms with van der Waals surface area (Å²) in [5, 5.41) is 12.1. The number of carbonyl (C=O) groups is 2. The van der Waals surface area contributed by atoms with E-state index in [1.54, 1.807) is 24.0 Å². The van der Waals surface area contributed by atoms with Crippen molar-refractivity contribution >= 4 is 17.6 Å². The van der Waals surface area contributed by atoms with Crippen LogP contribution >= 0.6 is 0 Å². The van der Waals surface area contributed by atoms with Crippen LogP contribution in [0.5, 0.6) is 0 Å². The van der Waals surface area contributed by atoms with E-state index in [2.05, 4.69) is 10.2 Å². The van der Waals surface area contributed by atoms with E-state index in [1.165, 1.54) is 12.1 Å². The van der Waals surface area contributed by atoms with Crippen LogP contribution in [0.1, 0.15) is 26.7 Å². The molecule has 1 heterocycles. The Balaban J connectivity index is 1.87. The summed E-state index contributed by atoms with van der Waals surface area (Å²) < 4.78 is 13.0. The molecule has 0 bridgehead atoms. The first kappa shape index (κ1) is 19.2. The maximum atomic E-state index is 13.0. The van der Waals surface area contributed by atoms with Crippen LogP contribution in [0.2, 0.25) is 0 Å². The number of hydrogen-bond acceptors (Lipinski definition) is 4. The molecule has 2 atom stereocenters. The summed E-state index contributed by atoms with van der Waals surface area (Å²) in [6, 6.07) is 5.09. The zero-order valence-electron chi connectivity index (χ0n) is 14.7. The first-order chi connectivity index (χ1) is 11.9. The molecule has 138 valence electrons. The molecule has 7 heteroatoms. The molecule has 0 saturated carbocycles. The van der Waals surface area contributed by atoms with E-state index in [0.717, 1.165) is 12.1 Å². The van der Waals surface area contributed by atoms with Crippen molar-refractivity contribution in [1.29, 1.82) is 0 Å². The highest BCUT2D eigenvalue weighted by atomic mass is 19.1. The van der Waals surface area contributed by atoms with Gasteiger partial charge in [0.15, 0.2) is 0 Å². The van der Waals surface area contributed by atoms with E-state index < -0.39 is 18.1 Å². The minimum atomic E-state index is -0.928. The number of piperazine rings is 1. The van der Waals surface area contributed by atoms with E-state index in [-0.39, 0.29) is 11.7 Å². The fourth-order valence-electron chi connectivity index (χ4n) is 3.05. The molecule has 1 aromatic rings. The van der Waals surface area contributed by atoms with E-state index in [0.29, 0.717) is 32.6 Å². The minimum absolute atomic E-state index is 0.0823. The highest BCUT2D eigenvalue weighted by Gasteiger charge is 2.28. The Hall–Kier alpha value is -2.15. The fraction of sp³-hybridized carbons (Fsp3) is 0.556. The van der Waals surface area contributed by atoms with Crippen molar-refractivity contribution in [3.8, 4) is 0 Å². The Morgan fingerprint density at radius 1 is 1.20 bits per heavy atom. The van der Waals surface area contributed by atoms with Gasteiger partial charge in [-0.25, -0.2) is 4.39 Å². The van der Waals surface area contributed by atoms with Crippen LogP contribution in [0, 0.1) is 5.82 Å². The molecule has 0 aromatic heterocycles. The smallest absolute Gasteiger partial charge is 0.320 e. The van der Waals surface area contributed by atoms with Crippen molar-refractivity contribution in [2.45, 2.75) is 38.8 Å². The topological polar surface area (TPSA) is 72.9 Å². The van der Waals surface area contributed by atoms with Gasteiger partial charge < -0.3 is 14.9 Å². The highest BCUT2D eigenvalue weighted by Crippen LogP contribution is 2.17. The number of carboxylic acid groups (broad SMARTS) is 1. The van der Waals surface area contributed by atoms with Crippen LogP contribution in [0.25, 0.3) is 0 Å². The quantitative estimate of drug-likeness (QED) is 0.782. The predicted octanol–water partition coefficient (Wildman–Crippen LogP) is 1.71. The Kier molecular flexibility index (Phi) is 6.75. The number of nitrogens with zero attached hydrogens (tertiary/aromatic N) is 2. The van der Waals surface area contributed by atoms with E-state index in [9.17, 15) is 19.1 Å². The molecule has 6 nitrogen and oxygen atoms in total. The van der Waals surface area contributed by atoms with Gasteiger partial charge in [-0.1, -0.05) is 13.3 Å². The number of carbonyl (C=O) groups excluding carboxylic acids is 1. The number of hydrogen-bond donors (Lipinski definition) is 2. The van der Waals surface area contributed by atoms with Crippen LogP contribution in [0.4, 0.5) is 10.1 Å². The van der Waals surface area contributed by atoms with Gasteiger partial charge in [-0.05, 0) is 37.6 Å². The van der Waals surface area contributed by atoms with Gasteiger partial charge in [0.1, 0.15) is 11.9 Å². The third-order valence-corrected chi connectivity index (χ3v) is 4.48. The number of aliphatic carboxylic acids is 1. The number of benzene rings is 1. The Morgan fingerprint density at radius 3 is 2.32 bits per heavy atom. The molecule has 1 saturated heterocycles. The summed E-state index contributed by atoms with van der Waals surface area (Å²) in [6.45, 7) is 6.09. The van der Waals surface area contributed by atoms with Gasteiger partial charge in [-0.15, -0.1) is 0 Å². The maximum Gasteiger partial charge on any atom is 0.320 e. The summed E-state index contributed by atoms with van der Waals surface area (Å²) in [5.41, 5.74) is 0.938. The highest BCUT2D eigenvalue weighted by molar-refractivity contribution is 5.83. The third kappa shape index (κ3) is 5.16. The Bertz CT molecular complexity index is 586. The lowest BCUT2D eigenvalue weighted by atomic mass is 10.1. The van der Waals surface area contributed by atoms with E-state index in [4.69, 9.17) is 0 Å². The van der Waals surface area contributed by atoms with Crippen molar-refractivity contribution in [2.75, 3.05) is 31.1 Å². The summed E-state index contributed by atoms with van der Waals surface area (Å²) in [4.78, 5) is 27.6. The van der Waals surface area contributed by atoms with Gasteiger partial charge in [0.25, 0.3) is 0 Å². The van der Waals surface area contributed by atoms with E-state index >= 15 is 0 Å². The molecule has 0 spiro atoms. The van der Waals surface area contributed by atoms with Crippen LogP contribution < -0.4 is 10.2 Å². The molecule has 1 aliphatic rings. The van der Waals surface area contributed by atoms with Crippen LogP contribution in [0.15, 0.2) is 24.3 Å². The lowest BCUT2D eigenvalue weighted by Crippen LogP contribution is -2.55. The number of carboxylic acids is 1. The molecule has 1 aromatic carbocycles. The fourth-order valence-corrected chi connectivity index (χ4v) is 3.05. The predicted molar refractivity (Wildman–Crippen MR) is 94.1 cm³/mol. The molecule has 1 fully saturated rings. The van der Waals surface area contributed by atoms with Crippen molar-refractivity contribution in [3.05, 3.63) is 30.1 Å². The van der Waals surface area contributed by atoms with Crippen LogP contribution in [0.3, 0.4) is 0 Å². The van der Waals surface area contributed by atoms with Gasteiger partial charge in [-0.3, -0.25) is 14.9 Å². The zero-order valence-corrected chi connectivity index (χ0v) is 14.7. The van der Waals surface area contributed by atoms with Crippen molar-refractivity contribution in [3.63, 3.8) is 0 Å². The third-order valence-electron chi connectivity index (χ3n) is 4.48. The second-order valence-corrected chi connectivity index (χ2v) is 6.36. The second kappa shape index (κ2) is 8.80. The SMILES string of the molecule is CCCC(NC(C)C(=O)N1CCN(c2ccc(F)cc2)CC1)C(=O)O. The van der Waals surface area contributed by atoms with Crippen molar-refractivity contribution < 1.29 is 19.1 Å². The normalized spacial score (nSPS) is 17.2. The molecule has 25 heavy (non-hydrogen) atoms. The zero-order chi connectivity index (χ0) is 18.4. The summed E-state index contributed by atoms with van der Waals surface area (Å²) in [6.07, 6.45) is 1.23. The lowest BCUT2D eigenvalue weighted by molar-refractivity contribution is -0.140. The average Bonchev–Trinajstić information content (AvgIpc) is 2.61. The molecular weight excluding hydrogens is 325 g/mol. The van der Waals surface area contributed by atoms with E-state index in [1.807, 2.05) is 6.92 Å². The lowest BCUT2D eigenvalue weighted by Gasteiger charge is -2.37. The molecule has 2 N–H and O–H groups in total. The van der Waals surface area contributed by atoms with Gasteiger partial charge in [0.05, 0.1) is 6.04 Å². The number of nitrogens with one attached hydrogen (secondary N) is 1. The minimum Gasteiger partial charge on any atom is -0.480 e. The first-order valence-corrected chi connectivity index (χ1v) is 8.70. The van der Waals surface area contributed by atoms with Gasteiger partial charge in [0.2, 0.25) is 5.91 Å². The van der Waals surface area contributed by atoms with Gasteiger partial charge in [-0.2, -0.15) is 0 Å². The second-order valence-electron chi connectivity index (χ2n) is 6.36. The van der Waals surface area contributed by atoms with Crippen LogP contribution in [-0.4, -0.2) is 60.1 Å². The average molecular weight is 351 g/mol. The maximum absolute atomic E-state index is 13.0. The molecule has 0 aliphatic carbocycles. The largest absolute Gasteiger partial charge is 0.480 e. The van der Waals surface area contributed by atoms with Gasteiger partial charge in [0, 0.05) is 31.9 Å². The van der Waals surface area contributed by atoms with Gasteiger partial charge >= 0.3 is 5.97 Å². The summed E-state index contributed by atoms with van der Waals surface area (Å²) >= 11 is 0. The molecule has 2 rings (SSSR count). The number of amides is 1. The van der Waals surface area contributed by atoms with Crippen LogP contribution in [-0.2, 0) is 9.59 Å². The first-order valence-electron chi connectivity index (χ1n) is 8.70. The number of halogens is 1. The summed E-state index contributed by atoms with van der Waals surface area (Å²) in [7, 11) is 0. The van der Waals surface area contributed by atoms with Crippen molar-refractivity contribution in [1.82, 2.24) is 10.2 Å². The molecule has 2 unspecified atom stereocenters. The van der Waals surface area contributed by atoms with Crippen molar-refractivity contribution in [2.24, 2.45) is 0 Å².